The van der Waals surface area contributed by atoms with E-state index in [0.717, 1.165) is 0 Å². The van der Waals surface area contributed by atoms with Crippen molar-refractivity contribution in [2.75, 3.05) is 6.61 Å². The molecule has 0 aliphatic heterocycles. The summed E-state index contributed by atoms with van der Waals surface area (Å²) in [5, 5.41) is 40.9. The number of carbonyl (C=O) groups is 1. The summed E-state index contributed by atoms with van der Waals surface area (Å²) in [5.74, 6) is -1.49. The van der Waals surface area contributed by atoms with Gasteiger partial charge >= 0.3 is 5.97 Å². The van der Waals surface area contributed by atoms with Crippen molar-refractivity contribution < 1.29 is 30.0 Å². The zero-order valence-corrected chi connectivity index (χ0v) is 16.6. The largest absolute Gasteiger partial charge is 0.504 e. The Morgan fingerprint density at radius 3 is 2.34 bits per heavy atom. The monoisotopic (exact) mass is 417 g/mol. The van der Waals surface area contributed by atoms with Gasteiger partial charge in [0.15, 0.2) is 23.0 Å². The van der Waals surface area contributed by atoms with Gasteiger partial charge in [-0.25, -0.2) is 4.79 Å². The maximum absolute atomic E-state index is 12.4. The molecule has 0 heterocycles. The molecule has 0 amide bonds. The number of thiocarbonyl (C=S) groups is 1. The maximum Gasteiger partial charge on any atom is 0.328 e. The van der Waals surface area contributed by atoms with Crippen LogP contribution in [0.15, 0.2) is 42.5 Å². The molecule has 0 radical (unpaired) electrons. The molecule has 2 aromatic rings. The van der Waals surface area contributed by atoms with E-state index in [4.69, 9.17) is 17.0 Å². The van der Waals surface area contributed by atoms with Crippen LogP contribution in [0.1, 0.15) is 24.5 Å². The van der Waals surface area contributed by atoms with Gasteiger partial charge in [0, 0.05) is 6.42 Å². The SMILES string of the molecule is CCCOC(=O)[C@@H](Cc1ccc(O)c(O)c1)NC(=S)/C=C/c1ccc(O)c(O)c1. The standard InChI is InChI=1S/C21H23NO6S/c1-2-9-28-21(27)15(10-14-4-7-17(24)19(26)12-14)22-20(29)8-5-13-3-6-16(23)18(25)11-13/h3-8,11-12,15,23-26H,2,9-10H2,1H3,(H,22,29)/b8-5+/t15-/m1/s1. The van der Waals surface area contributed by atoms with E-state index < -0.39 is 12.0 Å². The van der Waals surface area contributed by atoms with Crippen molar-refractivity contribution in [2.24, 2.45) is 0 Å². The van der Waals surface area contributed by atoms with Gasteiger partial charge in [0.1, 0.15) is 6.04 Å². The van der Waals surface area contributed by atoms with Gasteiger partial charge in [0.2, 0.25) is 0 Å². The van der Waals surface area contributed by atoms with Gasteiger partial charge < -0.3 is 30.5 Å². The number of ether oxygens (including phenoxy) is 1. The molecule has 0 saturated heterocycles. The third-order valence-corrected chi connectivity index (χ3v) is 4.21. The molecular formula is C21H23NO6S. The van der Waals surface area contributed by atoms with Crippen LogP contribution in [-0.4, -0.2) is 44.0 Å². The number of aromatic hydroxyl groups is 4. The molecule has 2 aromatic carbocycles. The summed E-state index contributed by atoms with van der Waals surface area (Å²) in [6, 6.07) is 7.84. The Bertz CT molecular complexity index is 912. The van der Waals surface area contributed by atoms with Gasteiger partial charge in [-0.2, -0.15) is 0 Å². The first-order valence-corrected chi connectivity index (χ1v) is 9.39. The van der Waals surface area contributed by atoms with Crippen molar-refractivity contribution in [3.8, 4) is 23.0 Å². The highest BCUT2D eigenvalue weighted by Gasteiger charge is 2.21. The van der Waals surface area contributed by atoms with Gasteiger partial charge in [0.25, 0.3) is 0 Å². The Morgan fingerprint density at radius 2 is 1.72 bits per heavy atom. The minimum absolute atomic E-state index is 0.185. The molecule has 7 nitrogen and oxygen atoms in total. The summed E-state index contributed by atoms with van der Waals surface area (Å²) in [6.45, 7) is 2.15. The summed E-state index contributed by atoms with van der Waals surface area (Å²) >= 11 is 5.28. The molecule has 8 heteroatoms. The van der Waals surface area contributed by atoms with Crippen LogP contribution in [0, 0.1) is 0 Å². The van der Waals surface area contributed by atoms with Crippen molar-refractivity contribution in [2.45, 2.75) is 25.8 Å². The molecule has 5 N–H and O–H groups in total. The van der Waals surface area contributed by atoms with Crippen molar-refractivity contribution in [1.82, 2.24) is 5.32 Å². The lowest BCUT2D eigenvalue weighted by Gasteiger charge is -2.18. The van der Waals surface area contributed by atoms with E-state index in [9.17, 15) is 25.2 Å². The fourth-order valence-corrected chi connectivity index (χ4v) is 2.67. The van der Waals surface area contributed by atoms with Crippen molar-refractivity contribution >= 4 is 29.3 Å². The molecule has 1 atom stereocenters. The van der Waals surface area contributed by atoms with E-state index in [1.807, 2.05) is 6.92 Å². The third-order valence-electron chi connectivity index (χ3n) is 3.96. The van der Waals surface area contributed by atoms with Crippen LogP contribution in [0.2, 0.25) is 0 Å². The highest BCUT2D eigenvalue weighted by molar-refractivity contribution is 7.80. The van der Waals surface area contributed by atoms with Crippen LogP contribution in [-0.2, 0) is 16.0 Å². The lowest BCUT2D eigenvalue weighted by molar-refractivity contribution is -0.145. The number of phenols is 4. The van der Waals surface area contributed by atoms with E-state index in [0.29, 0.717) is 17.5 Å². The average molecular weight is 417 g/mol. The first kappa shape index (κ1) is 22.0. The molecule has 2 rings (SSSR count). The normalized spacial score (nSPS) is 11.9. The number of esters is 1. The van der Waals surface area contributed by atoms with E-state index in [-0.39, 0.29) is 41.0 Å². The molecule has 0 unspecified atom stereocenters. The fourth-order valence-electron chi connectivity index (χ4n) is 2.46. The van der Waals surface area contributed by atoms with E-state index in [2.05, 4.69) is 5.32 Å². The summed E-state index contributed by atoms with van der Waals surface area (Å²) in [6.07, 6.45) is 4.03. The molecule has 0 fully saturated rings. The first-order valence-electron chi connectivity index (χ1n) is 8.98. The first-order chi connectivity index (χ1) is 13.8. The van der Waals surface area contributed by atoms with Crippen LogP contribution in [0.5, 0.6) is 23.0 Å². The topological polar surface area (TPSA) is 119 Å². The number of carbonyl (C=O) groups excluding carboxylic acids is 1. The Balaban J connectivity index is 2.11. The predicted molar refractivity (Wildman–Crippen MR) is 113 cm³/mol. The van der Waals surface area contributed by atoms with Gasteiger partial charge in [0.05, 0.1) is 11.6 Å². The maximum atomic E-state index is 12.4. The quantitative estimate of drug-likeness (QED) is 0.192. The highest BCUT2D eigenvalue weighted by Crippen LogP contribution is 2.26. The molecule has 0 bridgehead atoms. The second-order valence-corrected chi connectivity index (χ2v) is 6.78. The second kappa shape index (κ2) is 10.3. The number of phenolic OH excluding ortho intramolecular Hbond substituents is 4. The summed E-state index contributed by atoms with van der Waals surface area (Å²) in [4.78, 5) is 12.7. The fraction of sp³-hybridized carbons (Fsp3) is 0.238. The highest BCUT2D eigenvalue weighted by atomic mass is 32.1. The summed E-state index contributed by atoms with van der Waals surface area (Å²) in [5.41, 5.74) is 1.22. The Morgan fingerprint density at radius 1 is 1.07 bits per heavy atom. The molecule has 0 aromatic heterocycles. The van der Waals surface area contributed by atoms with E-state index >= 15 is 0 Å². The van der Waals surface area contributed by atoms with Crippen LogP contribution in [0.4, 0.5) is 0 Å². The third kappa shape index (κ3) is 6.69. The van der Waals surface area contributed by atoms with E-state index in [1.165, 1.54) is 24.3 Å². The lowest BCUT2D eigenvalue weighted by Crippen LogP contribution is -2.42. The zero-order valence-electron chi connectivity index (χ0n) is 15.8. The Labute approximate surface area is 173 Å². The van der Waals surface area contributed by atoms with Gasteiger partial charge in [-0.1, -0.05) is 37.4 Å². The average Bonchev–Trinajstić information content (AvgIpc) is 2.69. The van der Waals surface area contributed by atoms with Crippen LogP contribution < -0.4 is 5.32 Å². The number of hydrogen-bond acceptors (Lipinski definition) is 7. The summed E-state index contributed by atoms with van der Waals surface area (Å²) < 4.78 is 5.21. The van der Waals surface area contributed by atoms with Crippen LogP contribution in [0.3, 0.4) is 0 Å². The Hall–Kier alpha value is -3.26. The minimum Gasteiger partial charge on any atom is -0.504 e. The molecule has 29 heavy (non-hydrogen) atoms. The molecule has 0 aliphatic rings. The number of benzene rings is 2. The predicted octanol–water partition coefficient (Wildman–Crippen LogP) is 3.00. The Kier molecular flexibility index (Phi) is 7.85. The number of hydrogen-bond donors (Lipinski definition) is 5. The van der Waals surface area contributed by atoms with Gasteiger partial charge in [-0.15, -0.1) is 0 Å². The molecule has 0 spiro atoms. The lowest BCUT2D eigenvalue weighted by atomic mass is 10.1. The van der Waals surface area contributed by atoms with Crippen LogP contribution in [0.25, 0.3) is 6.08 Å². The molecular weight excluding hydrogens is 394 g/mol. The molecule has 0 saturated carbocycles. The molecule has 0 aliphatic carbocycles. The minimum atomic E-state index is -0.795. The van der Waals surface area contributed by atoms with Gasteiger partial charge in [-0.3, -0.25) is 0 Å². The van der Waals surface area contributed by atoms with E-state index in [1.54, 1.807) is 24.3 Å². The van der Waals surface area contributed by atoms with Crippen molar-refractivity contribution in [1.29, 1.82) is 0 Å². The van der Waals surface area contributed by atoms with Crippen molar-refractivity contribution in [3.05, 3.63) is 53.6 Å². The van der Waals surface area contributed by atoms with Gasteiger partial charge in [-0.05, 0) is 47.9 Å². The molecule has 154 valence electrons. The number of rotatable bonds is 8. The number of nitrogens with one attached hydrogen (secondary N) is 1. The van der Waals surface area contributed by atoms with Crippen molar-refractivity contribution in [3.63, 3.8) is 0 Å². The van der Waals surface area contributed by atoms with Crippen LogP contribution >= 0.6 is 12.2 Å². The smallest absolute Gasteiger partial charge is 0.328 e. The summed E-state index contributed by atoms with van der Waals surface area (Å²) in [7, 11) is 0. The second-order valence-electron chi connectivity index (χ2n) is 6.34. The zero-order chi connectivity index (χ0) is 21.4.